The van der Waals surface area contributed by atoms with Crippen LogP contribution in [0.5, 0.6) is 11.6 Å². The van der Waals surface area contributed by atoms with Crippen LogP contribution in [0, 0.1) is 25.2 Å². The summed E-state index contributed by atoms with van der Waals surface area (Å²) < 4.78 is 7.22. The maximum absolute atomic E-state index is 9.23. The Kier molecular flexibility index (Phi) is 5.90. The van der Waals surface area contributed by atoms with Crippen LogP contribution in [0.3, 0.4) is 0 Å². The Balaban J connectivity index is 1.35. The van der Waals surface area contributed by atoms with E-state index < -0.39 is 0 Å². The third-order valence-corrected chi connectivity index (χ3v) is 6.71. The van der Waals surface area contributed by atoms with E-state index in [0.29, 0.717) is 17.4 Å². The van der Waals surface area contributed by atoms with Gasteiger partial charge in [0.25, 0.3) is 0 Å². The van der Waals surface area contributed by atoms with Crippen LogP contribution < -0.4 is 10.1 Å². The second-order valence-electron chi connectivity index (χ2n) is 8.36. The van der Waals surface area contributed by atoms with Crippen molar-refractivity contribution in [3.63, 3.8) is 0 Å². The number of nitrogens with one attached hydrogen (secondary N) is 1. The van der Waals surface area contributed by atoms with Gasteiger partial charge in [0.05, 0.1) is 17.1 Å². The monoisotopic (exact) mass is 456 g/mol. The lowest BCUT2D eigenvalue weighted by molar-refractivity contribution is 0.328. The van der Waals surface area contributed by atoms with E-state index in [1.165, 1.54) is 5.56 Å². The Morgan fingerprint density at radius 3 is 2.73 bits per heavy atom. The third-order valence-electron chi connectivity index (χ3n) is 5.82. The molecule has 0 unspecified atom stereocenters. The number of anilines is 1. The number of nitrogens with zero attached hydrogens (tertiary/aromatic N) is 5. The largest absolute Gasteiger partial charge is 0.437 e. The number of nitriles is 1. The van der Waals surface area contributed by atoms with Crippen molar-refractivity contribution in [1.82, 2.24) is 19.9 Å². The van der Waals surface area contributed by atoms with Gasteiger partial charge in [0.15, 0.2) is 0 Å². The first-order chi connectivity index (χ1) is 16.1. The van der Waals surface area contributed by atoms with Gasteiger partial charge in [-0.2, -0.15) is 10.2 Å². The summed E-state index contributed by atoms with van der Waals surface area (Å²) in [5, 5.41) is 14.7. The number of fused-ring (bicyclic) bond motifs is 1. The number of aryl methyl sites for hydroxylation is 2. The Labute approximate surface area is 196 Å². The normalized spacial score (nSPS) is 16.1. The minimum atomic E-state index is 0.272. The summed E-state index contributed by atoms with van der Waals surface area (Å²) in [6.07, 6.45) is 4.70. The molecule has 4 aromatic rings. The van der Waals surface area contributed by atoms with Crippen LogP contribution in [0.1, 0.15) is 28.7 Å². The zero-order valence-corrected chi connectivity index (χ0v) is 19.4. The van der Waals surface area contributed by atoms with Gasteiger partial charge in [-0.3, -0.25) is 9.88 Å². The molecule has 166 valence electrons. The lowest BCUT2D eigenvalue weighted by atomic mass is 10.1. The minimum absolute atomic E-state index is 0.272. The minimum Gasteiger partial charge on any atom is -0.437 e. The van der Waals surface area contributed by atoms with E-state index >= 15 is 0 Å². The highest BCUT2D eigenvalue weighted by atomic mass is 32.1. The molecule has 33 heavy (non-hydrogen) atoms. The Morgan fingerprint density at radius 2 is 1.97 bits per heavy atom. The average molecular weight is 457 g/mol. The van der Waals surface area contributed by atoms with Crippen molar-refractivity contribution in [3.05, 3.63) is 70.4 Å². The van der Waals surface area contributed by atoms with Gasteiger partial charge in [0, 0.05) is 38.1 Å². The van der Waals surface area contributed by atoms with Crippen molar-refractivity contribution in [2.75, 3.05) is 18.4 Å². The van der Waals surface area contributed by atoms with Crippen molar-refractivity contribution in [3.8, 4) is 17.7 Å². The fourth-order valence-electron chi connectivity index (χ4n) is 4.27. The van der Waals surface area contributed by atoms with E-state index in [9.17, 15) is 5.26 Å². The summed E-state index contributed by atoms with van der Waals surface area (Å²) in [4.78, 5) is 16.0. The van der Waals surface area contributed by atoms with Crippen molar-refractivity contribution < 1.29 is 4.74 Å². The molecule has 0 amide bonds. The van der Waals surface area contributed by atoms with Crippen LogP contribution in [0.4, 0.5) is 5.95 Å². The molecule has 3 aromatic heterocycles. The number of rotatable bonds is 6. The van der Waals surface area contributed by atoms with Crippen molar-refractivity contribution in [1.29, 1.82) is 5.26 Å². The lowest BCUT2D eigenvalue weighted by Crippen LogP contribution is -2.26. The van der Waals surface area contributed by atoms with E-state index in [2.05, 4.69) is 33.4 Å². The molecule has 1 saturated heterocycles. The van der Waals surface area contributed by atoms with Crippen LogP contribution >= 0.6 is 11.3 Å². The first-order valence-electron chi connectivity index (χ1n) is 10.9. The lowest BCUT2D eigenvalue weighted by Gasteiger charge is -2.17. The molecule has 1 atom stereocenters. The molecule has 1 N–H and O–H groups in total. The Bertz CT molecular complexity index is 1310. The number of aromatic nitrogens is 3. The smallest absolute Gasteiger partial charge is 0.242 e. The predicted molar refractivity (Wildman–Crippen MR) is 130 cm³/mol. The maximum atomic E-state index is 9.23. The van der Waals surface area contributed by atoms with Gasteiger partial charge in [-0.15, -0.1) is 11.3 Å². The molecule has 1 aliphatic rings. The van der Waals surface area contributed by atoms with E-state index in [1.54, 1.807) is 11.3 Å². The first-order valence-corrected chi connectivity index (χ1v) is 11.8. The number of hydrogen-bond acceptors (Lipinski definition) is 8. The van der Waals surface area contributed by atoms with Gasteiger partial charge in [-0.1, -0.05) is 0 Å². The highest BCUT2D eigenvalue weighted by Gasteiger charge is 2.24. The molecule has 7 nitrogen and oxygen atoms in total. The third kappa shape index (κ3) is 4.65. The summed E-state index contributed by atoms with van der Waals surface area (Å²) in [7, 11) is 0. The average Bonchev–Trinajstić information content (AvgIpc) is 3.46. The molecule has 0 bridgehead atoms. The summed E-state index contributed by atoms with van der Waals surface area (Å²) in [6.45, 7) is 6.76. The molecule has 1 aromatic carbocycles. The summed E-state index contributed by atoms with van der Waals surface area (Å²) in [6, 6.07) is 12.3. The summed E-state index contributed by atoms with van der Waals surface area (Å²) >= 11 is 1.56. The van der Waals surface area contributed by atoms with Gasteiger partial charge in [0.2, 0.25) is 11.8 Å². The van der Waals surface area contributed by atoms with Gasteiger partial charge in [0.1, 0.15) is 10.4 Å². The summed E-state index contributed by atoms with van der Waals surface area (Å²) in [5.74, 6) is 1.86. The van der Waals surface area contributed by atoms with Crippen molar-refractivity contribution >= 4 is 27.5 Å². The Hall–Kier alpha value is -3.54. The van der Waals surface area contributed by atoms with E-state index in [4.69, 9.17) is 14.7 Å². The first kappa shape index (κ1) is 21.3. The molecule has 0 spiro atoms. The van der Waals surface area contributed by atoms with Crippen LogP contribution in [0.2, 0.25) is 0 Å². The number of thiophene rings is 1. The number of benzene rings is 1. The van der Waals surface area contributed by atoms with Gasteiger partial charge in [-0.25, -0.2) is 4.98 Å². The fraction of sp³-hybridized carbons (Fsp3) is 0.280. The zero-order valence-electron chi connectivity index (χ0n) is 18.6. The number of hydrogen-bond donors (Lipinski definition) is 1. The molecule has 8 heteroatoms. The number of pyridine rings is 1. The highest BCUT2D eigenvalue weighted by Crippen LogP contribution is 2.35. The quantitative estimate of drug-likeness (QED) is 0.434. The number of ether oxygens (including phenoxy) is 1. The van der Waals surface area contributed by atoms with Crippen molar-refractivity contribution in [2.45, 2.75) is 32.9 Å². The molecule has 1 fully saturated rings. The van der Waals surface area contributed by atoms with Gasteiger partial charge < -0.3 is 10.1 Å². The van der Waals surface area contributed by atoms with E-state index in [-0.39, 0.29) is 6.04 Å². The SMILES string of the molecule is Cc1cc(C#N)cc(C)c1Oc1nc(N[C@H]2CCN(Cc3ccncc3)C2)nc2ccsc12. The Morgan fingerprint density at radius 1 is 1.18 bits per heavy atom. The van der Waals surface area contributed by atoms with Crippen LogP contribution in [-0.2, 0) is 6.54 Å². The molecule has 4 heterocycles. The predicted octanol–water partition coefficient (Wildman–Crippen LogP) is 5.05. The fourth-order valence-corrected chi connectivity index (χ4v) is 5.02. The van der Waals surface area contributed by atoms with Crippen LogP contribution in [-0.4, -0.2) is 39.0 Å². The topological polar surface area (TPSA) is 87.0 Å². The highest BCUT2D eigenvalue weighted by molar-refractivity contribution is 7.17. The number of likely N-dealkylation sites (tertiary alicyclic amines) is 1. The van der Waals surface area contributed by atoms with Crippen LogP contribution in [0.25, 0.3) is 10.2 Å². The molecular formula is C25H24N6OS. The zero-order chi connectivity index (χ0) is 22.8. The molecular weight excluding hydrogens is 432 g/mol. The van der Waals surface area contributed by atoms with Crippen LogP contribution in [0.15, 0.2) is 48.1 Å². The second-order valence-corrected chi connectivity index (χ2v) is 9.28. The van der Waals surface area contributed by atoms with Gasteiger partial charge in [-0.05, 0) is 72.7 Å². The second kappa shape index (κ2) is 9.14. The molecule has 5 rings (SSSR count). The van der Waals surface area contributed by atoms with Gasteiger partial charge >= 0.3 is 0 Å². The van der Waals surface area contributed by atoms with Crippen molar-refractivity contribution in [2.24, 2.45) is 0 Å². The standard InChI is InChI=1S/C25H24N6OS/c1-16-11-19(13-26)12-17(2)22(16)32-24-23-21(6-10-33-23)29-25(30-24)28-20-5-9-31(15-20)14-18-3-7-27-8-4-18/h3-4,6-8,10-12,20H,5,9,14-15H2,1-2H3,(H,28,29,30)/t20-/m0/s1. The maximum Gasteiger partial charge on any atom is 0.242 e. The molecule has 0 radical (unpaired) electrons. The molecule has 1 aliphatic heterocycles. The molecule has 0 aliphatic carbocycles. The van der Waals surface area contributed by atoms with E-state index in [0.717, 1.165) is 53.1 Å². The molecule has 0 saturated carbocycles. The van der Waals surface area contributed by atoms with E-state index in [1.807, 2.05) is 49.8 Å². The summed E-state index contributed by atoms with van der Waals surface area (Å²) in [5.41, 5.74) is 4.58.